The first-order valence-corrected chi connectivity index (χ1v) is 10.4. The second kappa shape index (κ2) is 5.98. The molecule has 1 unspecified atom stereocenters. The highest BCUT2D eigenvalue weighted by Gasteiger charge is 2.41. The van der Waals surface area contributed by atoms with Gasteiger partial charge in [0.15, 0.2) is 15.6 Å². The van der Waals surface area contributed by atoms with Crippen molar-refractivity contribution in [3.05, 3.63) is 41.8 Å². The van der Waals surface area contributed by atoms with Gasteiger partial charge in [-0.25, -0.2) is 16.8 Å². The number of benzene rings is 1. The van der Waals surface area contributed by atoms with Gasteiger partial charge in [-0.3, -0.25) is 0 Å². The summed E-state index contributed by atoms with van der Waals surface area (Å²) < 4.78 is 57.0. The Hall–Kier alpha value is -1.71. The molecule has 1 saturated heterocycles. The summed E-state index contributed by atoms with van der Waals surface area (Å²) >= 11 is 0. The van der Waals surface area contributed by atoms with E-state index in [1.54, 1.807) is 25.1 Å². The molecule has 9 heteroatoms. The Morgan fingerprint density at radius 1 is 1.12 bits per heavy atom. The predicted octanol–water partition coefficient (Wildman–Crippen LogP) is 1.53. The van der Waals surface area contributed by atoms with E-state index in [9.17, 15) is 16.8 Å². The summed E-state index contributed by atoms with van der Waals surface area (Å²) in [5, 5.41) is 2.92. The van der Waals surface area contributed by atoms with Gasteiger partial charge in [0.05, 0.1) is 10.1 Å². The van der Waals surface area contributed by atoms with Gasteiger partial charge < -0.3 is 4.52 Å². The van der Waals surface area contributed by atoms with Crippen molar-refractivity contribution in [3.8, 4) is 0 Å². The molecule has 0 saturated carbocycles. The van der Waals surface area contributed by atoms with Crippen LogP contribution in [0.4, 0.5) is 0 Å². The summed E-state index contributed by atoms with van der Waals surface area (Å²) in [5.41, 5.74) is 0.280. The Morgan fingerprint density at radius 2 is 1.79 bits per heavy atom. The summed E-state index contributed by atoms with van der Waals surface area (Å²) in [6, 6.07) is 8.10. The topological polar surface area (TPSA) is 97.6 Å². The third-order valence-corrected chi connectivity index (χ3v) is 8.49. The van der Waals surface area contributed by atoms with E-state index < -0.39 is 25.1 Å². The third kappa shape index (κ3) is 2.76. The molecule has 0 radical (unpaired) electrons. The second-order valence-corrected chi connectivity index (χ2v) is 9.89. The molecule has 1 aliphatic heterocycles. The van der Waals surface area contributed by atoms with Crippen molar-refractivity contribution in [3.63, 3.8) is 0 Å². The van der Waals surface area contributed by atoms with Crippen molar-refractivity contribution in [2.45, 2.75) is 35.3 Å². The molecule has 0 aliphatic carbocycles. The zero-order valence-corrected chi connectivity index (χ0v) is 15.0. The molecule has 24 heavy (non-hydrogen) atoms. The SMILES string of the molecule is Cc1noc(C)c1S(=O)(=O)N1CCC(S(=O)(=O)c2ccccc2)C1. The molecule has 1 aromatic carbocycles. The maximum atomic E-state index is 12.8. The molecule has 1 fully saturated rings. The maximum absolute atomic E-state index is 12.8. The smallest absolute Gasteiger partial charge is 0.248 e. The first-order valence-electron chi connectivity index (χ1n) is 7.46. The fraction of sp³-hybridized carbons (Fsp3) is 0.400. The molecule has 130 valence electrons. The van der Waals surface area contributed by atoms with E-state index in [2.05, 4.69) is 5.16 Å². The van der Waals surface area contributed by atoms with E-state index >= 15 is 0 Å². The van der Waals surface area contributed by atoms with Gasteiger partial charge in [-0.1, -0.05) is 23.4 Å². The van der Waals surface area contributed by atoms with Crippen molar-refractivity contribution in [1.82, 2.24) is 9.46 Å². The van der Waals surface area contributed by atoms with Crippen LogP contribution >= 0.6 is 0 Å². The summed E-state index contributed by atoms with van der Waals surface area (Å²) in [5.74, 6) is 0.210. The average Bonchev–Trinajstić information content (AvgIpc) is 3.16. The number of rotatable bonds is 4. The Bertz CT molecular complexity index is 930. The van der Waals surface area contributed by atoms with E-state index in [1.807, 2.05) is 0 Å². The molecule has 3 rings (SSSR count). The number of aromatic nitrogens is 1. The van der Waals surface area contributed by atoms with Gasteiger partial charge in [0.25, 0.3) is 0 Å². The number of aryl methyl sites for hydroxylation is 2. The molecule has 0 bridgehead atoms. The zero-order valence-electron chi connectivity index (χ0n) is 13.3. The molecule has 1 aromatic heterocycles. The summed E-state index contributed by atoms with van der Waals surface area (Å²) in [6.07, 6.45) is 0.264. The lowest BCUT2D eigenvalue weighted by Gasteiger charge is -2.16. The van der Waals surface area contributed by atoms with Gasteiger partial charge >= 0.3 is 0 Å². The van der Waals surface area contributed by atoms with Gasteiger partial charge in [-0.05, 0) is 32.4 Å². The number of nitrogens with zero attached hydrogens (tertiary/aromatic N) is 2. The lowest BCUT2D eigenvalue weighted by Crippen LogP contribution is -2.32. The van der Waals surface area contributed by atoms with Crippen LogP contribution in [-0.4, -0.2) is 44.6 Å². The summed E-state index contributed by atoms with van der Waals surface area (Å²) in [4.78, 5) is 0.242. The fourth-order valence-corrected chi connectivity index (χ4v) is 6.54. The van der Waals surface area contributed by atoms with Crippen LogP contribution < -0.4 is 0 Å². The fourth-order valence-electron chi connectivity index (χ4n) is 2.94. The number of hydrogen-bond donors (Lipinski definition) is 0. The van der Waals surface area contributed by atoms with E-state index in [4.69, 9.17) is 4.52 Å². The molecular formula is C15H18N2O5S2. The first kappa shape index (κ1) is 17.1. The lowest BCUT2D eigenvalue weighted by molar-refractivity contribution is 0.390. The van der Waals surface area contributed by atoms with Crippen LogP contribution in [0.3, 0.4) is 0 Å². The molecule has 7 nitrogen and oxygen atoms in total. The van der Waals surface area contributed by atoms with Gasteiger partial charge in [0, 0.05) is 13.1 Å². The van der Waals surface area contributed by atoms with Crippen LogP contribution in [-0.2, 0) is 19.9 Å². The Kier molecular flexibility index (Phi) is 4.27. The van der Waals surface area contributed by atoms with Crippen LogP contribution in [0, 0.1) is 13.8 Å². The van der Waals surface area contributed by atoms with E-state index in [0.717, 1.165) is 0 Å². The molecule has 0 N–H and O–H groups in total. The molecular weight excluding hydrogens is 352 g/mol. The highest BCUT2D eigenvalue weighted by Crippen LogP contribution is 2.30. The quantitative estimate of drug-likeness (QED) is 0.809. The average molecular weight is 370 g/mol. The largest absolute Gasteiger partial charge is 0.360 e. The van der Waals surface area contributed by atoms with Crippen LogP contribution in [0.15, 0.2) is 44.6 Å². The molecule has 0 spiro atoms. The molecule has 1 atom stereocenters. The highest BCUT2D eigenvalue weighted by atomic mass is 32.2. The standard InChI is InChI=1S/C15H18N2O5S2/c1-11-15(12(2)22-16-11)24(20,21)17-9-8-14(10-17)23(18,19)13-6-4-3-5-7-13/h3-7,14H,8-10H2,1-2H3. The monoisotopic (exact) mass is 370 g/mol. The number of sulfonamides is 1. The van der Waals surface area contributed by atoms with Crippen molar-refractivity contribution >= 4 is 19.9 Å². The Balaban J connectivity index is 1.89. The maximum Gasteiger partial charge on any atom is 0.248 e. The van der Waals surface area contributed by atoms with Crippen molar-refractivity contribution in [2.75, 3.05) is 13.1 Å². The third-order valence-electron chi connectivity index (χ3n) is 4.18. The highest BCUT2D eigenvalue weighted by molar-refractivity contribution is 7.92. The predicted molar refractivity (Wildman–Crippen MR) is 86.8 cm³/mol. The zero-order chi connectivity index (χ0) is 17.5. The lowest BCUT2D eigenvalue weighted by atomic mass is 10.4. The van der Waals surface area contributed by atoms with Gasteiger partial charge in [-0.15, -0.1) is 0 Å². The Labute approximate surface area is 141 Å². The summed E-state index contributed by atoms with van der Waals surface area (Å²) in [6.45, 7) is 3.17. The second-order valence-electron chi connectivity index (χ2n) is 5.79. The van der Waals surface area contributed by atoms with Crippen molar-refractivity contribution in [2.24, 2.45) is 0 Å². The van der Waals surface area contributed by atoms with E-state index in [0.29, 0.717) is 0 Å². The van der Waals surface area contributed by atoms with Gasteiger partial charge in [0.1, 0.15) is 10.6 Å². The molecule has 2 aromatic rings. The number of sulfone groups is 1. The van der Waals surface area contributed by atoms with Gasteiger partial charge in [0.2, 0.25) is 10.0 Å². The van der Waals surface area contributed by atoms with E-state index in [-0.39, 0.29) is 40.8 Å². The van der Waals surface area contributed by atoms with Crippen molar-refractivity contribution in [1.29, 1.82) is 0 Å². The number of hydrogen-bond acceptors (Lipinski definition) is 6. The van der Waals surface area contributed by atoms with Crippen LogP contribution in [0.5, 0.6) is 0 Å². The van der Waals surface area contributed by atoms with Crippen LogP contribution in [0.2, 0.25) is 0 Å². The minimum Gasteiger partial charge on any atom is -0.360 e. The van der Waals surface area contributed by atoms with Crippen LogP contribution in [0.1, 0.15) is 17.9 Å². The normalized spacial score (nSPS) is 19.7. The van der Waals surface area contributed by atoms with Gasteiger partial charge in [-0.2, -0.15) is 4.31 Å². The minimum atomic E-state index is -3.82. The van der Waals surface area contributed by atoms with E-state index in [1.165, 1.54) is 23.4 Å². The molecule has 0 amide bonds. The molecule has 1 aliphatic rings. The minimum absolute atomic E-state index is 0.0280. The summed E-state index contributed by atoms with van der Waals surface area (Å²) in [7, 11) is -7.39. The molecule has 2 heterocycles. The first-order chi connectivity index (χ1) is 11.2. The van der Waals surface area contributed by atoms with Crippen molar-refractivity contribution < 1.29 is 21.4 Å². The van der Waals surface area contributed by atoms with Crippen LogP contribution in [0.25, 0.3) is 0 Å². The Morgan fingerprint density at radius 3 is 2.38 bits per heavy atom.